The first-order valence-corrected chi connectivity index (χ1v) is 8.67. The molecule has 11 heteroatoms. The molecule has 1 heterocycles. The third-order valence-corrected chi connectivity index (χ3v) is 4.05. The van der Waals surface area contributed by atoms with Crippen molar-refractivity contribution in [2.24, 2.45) is 0 Å². The molecule has 0 spiro atoms. The molecule has 1 aromatic carbocycles. The Balaban J connectivity index is 2.22. The van der Waals surface area contributed by atoms with Crippen LogP contribution in [0.1, 0.15) is 32.8 Å². The molecule has 158 valence electrons. The number of nitrogens with zero attached hydrogens (tertiary/aromatic N) is 3. The van der Waals surface area contributed by atoms with Gasteiger partial charge in [-0.25, -0.2) is 13.6 Å². The lowest BCUT2D eigenvalue weighted by Crippen LogP contribution is -2.56. The molecule has 1 saturated heterocycles. The van der Waals surface area contributed by atoms with Crippen molar-refractivity contribution < 1.29 is 32.7 Å². The first kappa shape index (κ1) is 22.1. The van der Waals surface area contributed by atoms with Gasteiger partial charge >= 0.3 is 12.0 Å². The van der Waals surface area contributed by atoms with Crippen molar-refractivity contribution in [3.05, 3.63) is 27.8 Å². The van der Waals surface area contributed by atoms with Crippen LogP contribution in [0.3, 0.4) is 0 Å². The Bertz CT molecular complexity index is 847. The van der Waals surface area contributed by atoms with Gasteiger partial charge in [-0.05, 0) is 20.8 Å². The second kappa shape index (κ2) is 8.06. The van der Waals surface area contributed by atoms with E-state index in [1.54, 1.807) is 26.8 Å². The molecule has 1 aliphatic heterocycles. The van der Waals surface area contributed by atoms with Crippen LogP contribution in [0.25, 0.3) is 0 Å². The molecule has 0 bridgehead atoms. The highest BCUT2D eigenvalue weighted by Crippen LogP contribution is 2.38. The predicted octanol–water partition coefficient (Wildman–Crippen LogP) is 3.50. The van der Waals surface area contributed by atoms with Gasteiger partial charge in [-0.2, -0.15) is 5.26 Å². The first-order chi connectivity index (χ1) is 13.4. The van der Waals surface area contributed by atoms with Crippen LogP contribution in [0.2, 0.25) is 0 Å². The summed E-state index contributed by atoms with van der Waals surface area (Å²) in [6.07, 6.45) is -2.69. The van der Waals surface area contributed by atoms with Gasteiger partial charge in [-0.15, -0.1) is 0 Å². The van der Waals surface area contributed by atoms with Crippen LogP contribution >= 0.6 is 0 Å². The highest BCUT2D eigenvalue weighted by Gasteiger charge is 2.48. The fourth-order valence-electron chi connectivity index (χ4n) is 2.74. The van der Waals surface area contributed by atoms with E-state index in [4.69, 9.17) is 19.5 Å². The number of halogens is 2. The molecular formula is C18H21F2N3O6. The fraction of sp³-hybridized carbons (Fsp3) is 0.556. The summed E-state index contributed by atoms with van der Waals surface area (Å²) < 4.78 is 44.8. The Morgan fingerprint density at radius 2 is 2.03 bits per heavy atom. The number of hydrogen-bond acceptors (Lipinski definition) is 7. The minimum absolute atomic E-state index is 0.0322. The van der Waals surface area contributed by atoms with Crippen molar-refractivity contribution in [3.8, 4) is 17.6 Å². The summed E-state index contributed by atoms with van der Waals surface area (Å²) in [6, 6.07) is 3.58. The van der Waals surface area contributed by atoms with E-state index in [2.05, 4.69) is 0 Å². The number of piperidine rings is 1. The molecule has 0 saturated carbocycles. The number of rotatable bonds is 4. The van der Waals surface area contributed by atoms with Gasteiger partial charge in [0.1, 0.15) is 17.2 Å². The van der Waals surface area contributed by atoms with E-state index in [-0.39, 0.29) is 30.0 Å². The summed E-state index contributed by atoms with van der Waals surface area (Å²) >= 11 is 0. The number of alkyl halides is 2. The lowest BCUT2D eigenvalue weighted by atomic mass is 10.0. The molecule has 1 aromatic rings. The number of amides is 1. The normalized spacial score (nSPS) is 18.5. The quantitative estimate of drug-likeness (QED) is 0.548. The lowest BCUT2D eigenvalue weighted by molar-refractivity contribution is -0.385. The number of nitro benzene ring substituents is 1. The number of nitriles is 1. The largest absolute Gasteiger partial charge is 0.493 e. The highest BCUT2D eigenvalue weighted by molar-refractivity contribution is 5.68. The van der Waals surface area contributed by atoms with E-state index in [0.717, 1.165) is 17.0 Å². The van der Waals surface area contributed by atoms with Crippen molar-refractivity contribution in [2.75, 3.05) is 20.2 Å². The Morgan fingerprint density at radius 3 is 2.52 bits per heavy atom. The number of nitro groups is 1. The van der Waals surface area contributed by atoms with Crippen LogP contribution in [0.4, 0.5) is 19.3 Å². The van der Waals surface area contributed by atoms with E-state index in [9.17, 15) is 23.7 Å². The number of likely N-dealkylation sites (tertiary alicyclic amines) is 1. The zero-order valence-corrected chi connectivity index (χ0v) is 16.4. The molecule has 1 unspecified atom stereocenters. The monoisotopic (exact) mass is 413 g/mol. The standard InChI is InChI=1S/C18H21F2N3O6/c1-17(2,3)29-16(24)22-6-5-15(18(19,20)10-22)28-14-7-11(9-21)12(23(25)26)8-13(14)27-4/h7-8,15H,5-6,10H2,1-4H3. The Hall–Kier alpha value is -3.16. The van der Waals surface area contributed by atoms with Gasteiger partial charge in [0, 0.05) is 19.0 Å². The van der Waals surface area contributed by atoms with Crippen molar-refractivity contribution in [2.45, 2.75) is 44.8 Å². The van der Waals surface area contributed by atoms with Crippen LogP contribution in [0.15, 0.2) is 12.1 Å². The molecular weight excluding hydrogens is 392 g/mol. The van der Waals surface area contributed by atoms with Gasteiger partial charge in [-0.3, -0.25) is 10.1 Å². The first-order valence-electron chi connectivity index (χ1n) is 8.67. The third kappa shape index (κ3) is 5.22. The van der Waals surface area contributed by atoms with Gasteiger partial charge in [0.15, 0.2) is 17.6 Å². The second-order valence-electron chi connectivity index (χ2n) is 7.45. The summed E-state index contributed by atoms with van der Waals surface area (Å²) in [5, 5.41) is 20.1. The van der Waals surface area contributed by atoms with E-state index in [1.165, 1.54) is 7.11 Å². The second-order valence-corrected chi connectivity index (χ2v) is 7.45. The van der Waals surface area contributed by atoms with Crippen molar-refractivity contribution >= 4 is 11.8 Å². The molecule has 0 aliphatic carbocycles. The molecule has 2 rings (SSSR count). The summed E-state index contributed by atoms with van der Waals surface area (Å²) in [4.78, 5) is 23.2. The number of methoxy groups -OCH3 is 1. The molecule has 0 radical (unpaired) electrons. The van der Waals surface area contributed by atoms with E-state index < -0.39 is 40.9 Å². The van der Waals surface area contributed by atoms with Crippen molar-refractivity contribution in [1.82, 2.24) is 4.90 Å². The van der Waals surface area contributed by atoms with Gasteiger partial charge in [0.2, 0.25) is 0 Å². The summed E-state index contributed by atoms with van der Waals surface area (Å²) in [6.45, 7) is 3.95. The Kier molecular flexibility index (Phi) is 6.15. The maximum Gasteiger partial charge on any atom is 0.410 e. The molecule has 0 N–H and O–H groups in total. The summed E-state index contributed by atoms with van der Waals surface area (Å²) in [5.74, 6) is -3.79. The Morgan fingerprint density at radius 1 is 1.38 bits per heavy atom. The van der Waals surface area contributed by atoms with E-state index in [1.807, 2.05) is 0 Å². The summed E-state index contributed by atoms with van der Waals surface area (Å²) in [5.41, 5.74) is -1.69. The van der Waals surface area contributed by atoms with E-state index >= 15 is 0 Å². The highest BCUT2D eigenvalue weighted by atomic mass is 19.3. The minimum Gasteiger partial charge on any atom is -0.493 e. The number of hydrogen-bond donors (Lipinski definition) is 0. The molecule has 9 nitrogen and oxygen atoms in total. The number of ether oxygens (including phenoxy) is 3. The summed E-state index contributed by atoms with van der Waals surface area (Å²) in [7, 11) is 1.20. The molecule has 29 heavy (non-hydrogen) atoms. The molecule has 1 amide bonds. The number of carbonyl (C=O) groups excluding carboxylic acids is 1. The van der Waals surface area contributed by atoms with Gasteiger partial charge < -0.3 is 19.1 Å². The average molecular weight is 413 g/mol. The van der Waals surface area contributed by atoms with Crippen LogP contribution in [-0.2, 0) is 4.74 Å². The number of benzene rings is 1. The smallest absolute Gasteiger partial charge is 0.410 e. The minimum atomic E-state index is -3.42. The molecule has 1 fully saturated rings. The van der Waals surface area contributed by atoms with Crippen LogP contribution < -0.4 is 9.47 Å². The van der Waals surface area contributed by atoms with Gasteiger partial charge in [-0.1, -0.05) is 0 Å². The Labute approximate surface area is 165 Å². The van der Waals surface area contributed by atoms with Crippen LogP contribution in [0, 0.1) is 21.4 Å². The fourth-order valence-corrected chi connectivity index (χ4v) is 2.74. The van der Waals surface area contributed by atoms with E-state index in [0.29, 0.717) is 0 Å². The zero-order chi connectivity index (χ0) is 22.0. The molecule has 0 aromatic heterocycles. The van der Waals surface area contributed by atoms with Crippen molar-refractivity contribution in [1.29, 1.82) is 5.26 Å². The SMILES string of the molecule is COc1cc([N+](=O)[O-])c(C#N)cc1OC1CCN(C(=O)OC(C)(C)C)CC1(F)F. The lowest BCUT2D eigenvalue weighted by Gasteiger charge is -2.38. The maximum absolute atomic E-state index is 14.6. The topological polar surface area (TPSA) is 115 Å². The van der Waals surface area contributed by atoms with Crippen LogP contribution in [0.5, 0.6) is 11.5 Å². The third-order valence-electron chi connectivity index (χ3n) is 4.05. The molecule has 1 aliphatic rings. The van der Waals surface area contributed by atoms with Crippen molar-refractivity contribution in [3.63, 3.8) is 0 Å². The maximum atomic E-state index is 14.6. The van der Waals surface area contributed by atoms with Crippen LogP contribution in [-0.4, -0.2) is 53.7 Å². The van der Waals surface area contributed by atoms with Gasteiger partial charge in [0.05, 0.1) is 24.6 Å². The zero-order valence-electron chi connectivity index (χ0n) is 16.4. The van der Waals surface area contributed by atoms with Gasteiger partial charge in [0.25, 0.3) is 5.69 Å². The molecule has 1 atom stereocenters. The predicted molar refractivity (Wildman–Crippen MR) is 96.2 cm³/mol. The number of carbonyl (C=O) groups is 1. The average Bonchev–Trinajstić information content (AvgIpc) is 2.60.